The van der Waals surface area contributed by atoms with Crippen molar-refractivity contribution in [1.82, 2.24) is 0 Å². The maximum absolute atomic E-state index is 13.3. The normalized spacial score (nSPS) is 22.8. The Morgan fingerprint density at radius 3 is 2.64 bits per heavy atom. The fraction of sp³-hybridized carbons (Fsp3) is 0.286. The quantitative estimate of drug-likeness (QED) is 0.339. The van der Waals surface area contributed by atoms with Crippen molar-refractivity contribution in [2.45, 2.75) is 36.3 Å². The van der Waals surface area contributed by atoms with Crippen LogP contribution >= 0.6 is 23.4 Å². The van der Waals surface area contributed by atoms with E-state index >= 15 is 0 Å². The van der Waals surface area contributed by atoms with Crippen LogP contribution in [0.4, 0.5) is 11.4 Å². The van der Waals surface area contributed by atoms with Crippen molar-refractivity contribution >= 4 is 44.8 Å². The fourth-order valence-electron chi connectivity index (χ4n) is 5.22. The van der Waals surface area contributed by atoms with Crippen molar-refractivity contribution in [3.63, 3.8) is 0 Å². The Bertz CT molecular complexity index is 1440. The summed E-state index contributed by atoms with van der Waals surface area (Å²) in [5, 5.41) is 4.22. The number of sulfonamides is 1. The van der Waals surface area contributed by atoms with E-state index in [1.807, 2.05) is 23.9 Å². The van der Waals surface area contributed by atoms with Crippen LogP contribution in [0, 0.1) is 12.8 Å². The number of allylic oxidation sites excluding steroid dienone is 2. The highest BCUT2D eigenvalue weighted by atomic mass is 35.5. The molecule has 6 rings (SSSR count). The molecule has 0 radical (unpaired) electrons. The van der Waals surface area contributed by atoms with Crippen molar-refractivity contribution < 1.29 is 13.2 Å². The van der Waals surface area contributed by atoms with Crippen LogP contribution in [0.3, 0.4) is 0 Å². The number of hydrogen-bond acceptors (Lipinski definition) is 5. The molecule has 3 aliphatic rings. The standard InChI is InChI=1S/C28H27ClN2O3S2/c1-17-25(29)6-3-7-26(17)31-36(32,33)21-12-13-27-24(14-21)22-4-2-5-23(22)28(30-27)18-8-10-19(11-9-18)34-20-15-35-16-20/h2-4,6-14,20,22-23,28,30-31H,5,15-16H2,1H3/t22-,23+,28+/m0/s1. The average molecular weight is 539 g/mol. The molecule has 2 heterocycles. The third-order valence-corrected chi connectivity index (χ3v) is 10.3. The third-order valence-electron chi connectivity index (χ3n) is 7.31. The van der Waals surface area contributed by atoms with E-state index in [9.17, 15) is 8.42 Å². The molecule has 5 nitrogen and oxygen atoms in total. The van der Waals surface area contributed by atoms with Gasteiger partial charge in [-0.1, -0.05) is 42.0 Å². The number of fused-ring (bicyclic) bond motifs is 3. The number of anilines is 2. The van der Waals surface area contributed by atoms with Gasteiger partial charge in [0.15, 0.2) is 0 Å². The van der Waals surface area contributed by atoms with Crippen LogP contribution in [0.5, 0.6) is 5.75 Å². The van der Waals surface area contributed by atoms with Crippen molar-refractivity contribution in [1.29, 1.82) is 0 Å². The van der Waals surface area contributed by atoms with Gasteiger partial charge in [0, 0.05) is 28.1 Å². The molecular weight excluding hydrogens is 512 g/mol. The molecule has 0 unspecified atom stereocenters. The largest absolute Gasteiger partial charge is 0.489 e. The highest BCUT2D eigenvalue weighted by Gasteiger charge is 2.38. The van der Waals surface area contributed by atoms with E-state index in [0.29, 0.717) is 28.3 Å². The molecule has 0 aromatic heterocycles. The summed E-state index contributed by atoms with van der Waals surface area (Å²) in [6.45, 7) is 1.80. The van der Waals surface area contributed by atoms with Crippen molar-refractivity contribution in [2.24, 2.45) is 5.92 Å². The van der Waals surface area contributed by atoms with E-state index in [-0.39, 0.29) is 16.9 Å². The second-order valence-corrected chi connectivity index (χ2v) is 12.8. The van der Waals surface area contributed by atoms with Gasteiger partial charge in [0.05, 0.1) is 16.6 Å². The van der Waals surface area contributed by atoms with Crippen LogP contribution in [0.1, 0.15) is 35.1 Å². The van der Waals surface area contributed by atoms with Crippen LogP contribution in [0.15, 0.2) is 77.7 Å². The topological polar surface area (TPSA) is 67.4 Å². The third kappa shape index (κ3) is 4.38. The average Bonchev–Trinajstić information content (AvgIpc) is 3.34. The van der Waals surface area contributed by atoms with E-state index in [4.69, 9.17) is 16.3 Å². The number of benzene rings is 3. The van der Waals surface area contributed by atoms with Crippen molar-refractivity contribution in [3.05, 3.63) is 94.5 Å². The Morgan fingerprint density at radius 2 is 1.89 bits per heavy atom. The van der Waals surface area contributed by atoms with Gasteiger partial charge < -0.3 is 10.1 Å². The minimum Gasteiger partial charge on any atom is -0.489 e. The summed E-state index contributed by atoms with van der Waals surface area (Å²) in [4.78, 5) is 0.246. The summed E-state index contributed by atoms with van der Waals surface area (Å²) in [7, 11) is -3.77. The smallest absolute Gasteiger partial charge is 0.261 e. The molecule has 0 amide bonds. The lowest BCUT2D eigenvalue weighted by atomic mass is 9.77. The number of nitrogens with one attached hydrogen (secondary N) is 2. The van der Waals surface area contributed by atoms with E-state index in [1.54, 1.807) is 31.2 Å². The first-order valence-electron chi connectivity index (χ1n) is 12.1. The van der Waals surface area contributed by atoms with Crippen LogP contribution in [-0.4, -0.2) is 26.0 Å². The zero-order valence-corrected chi connectivity index (χ0v) is 22.2. The maximum Gasteiger partial charge on any atom is 0.261 e. The van der Waals surface area contributed by atoms with Crippen LogP contribution in [0.2, 0.25) is 5.02 Å². The predicted octanol–water partition coefficient (Wildman–Crippen LogP) is 6.77. The first kappa shape index (κ1) is 23.8. The van der Waals surface area contributed by atoms with Crippen LogP contribution in [0.25, 0.3) is 0 Å². The monoisotopic (exact) mass is 538 g/mol. The Kier molecular flexibility index (Phi) is 6.18. The Balaban J connectivity index is 1.27. The Labute approximate surface area is 221 Å². The number of ether oxygens (including phenoxy) is 1. The minimum atomic E-state index is -3.77. The van der Waals surface area contributed by atoms with Crippen molar-refractivity contribution in [2.75, 3.05) is 21.5 Å². The molecular formula is C28H27ClN2O3S2. The van der Waals surface area contributed by atoms with Gasteiger partial charge in [0.1, 0.15) is 11.9 Å². The minimum absolute atomic E-state index is 0.139. The molecule has 1 saturated heterocycles. The van der Waals surface area contributed by atoms with E-state index in [0.717, 1.165) is 34.9 Å². The highest BCUT2D eigenvalue weighted by molar-refractivity contribution is 8.00. The SMILES string of the molecule is Cc1c(Cl)cccc1NS(=O)(=O)c1ccc2c(c1)[C@H]1C=CC[C@H]1[C@@H](c1ccc(OC3CSC3)cc1)N2. The van der Waals surface area contributed by atoms with Crippen molar-refractivity contribution in [3.8, 4) is 5.75 Å². The molecule has 36 heavy (non-hydrogen) atoms. The summed E-state index contributed by atoms with van der Waals surface area (Å²) >= 11 is 8.10. The molecule has 3 aromatic rings. The van der Waals surface area contributed by atoms with Gasteiger partial charge in [-0.3, -0.25) is 4.72 Å². The fourth-order valence-corrected chi connectivity index (χ4v) is 7.12. The number of halogens is 1. The molecule has 2 aliphatic heterocycles. The molecule has 3 atom stereocenters. The first-order valence-corrected chi connectivity index (χ1v) is 15.1. The number of hydrogen-bond donors (Lipinski definition) is 2. The summed E-state index contributed by atoms with van der Waals surface area (Å²) < 4.78 is 35.2. The van der Waals surface area contributed by atoms with Crippen LogP contribution < -0.4 is 14.8 Å². The van der Waals surface area contributed by atoms with Gasteiger partial charge in [-0.05, 0) is 78.4 Å². The second kappa shape index (κ2) is 9.36. The molecule has 186 valence electrons. The van der Waals surface area contributed by atoms with Gasteiger partial charge in [-0.15, -0.1) is 0 Å². The molecule has 8 heteroatoms. The van der Waals surface area contributed by atoms with E-state index in [1.165, 1.54) is 5.56 Å². The lowest BCUT2D eigenvalue weighted by Crippen LogP contribution is -2.31. The van der Waals surface area contributed by atoms with Gasteiger partial charge in [0.25, 0.3) is 10.0 Å². The predicted molar refractivity (Wildman–Crippen MR) is 148 cm³/mol. The summed E-state index contributed by atoms with van der Waals surface area (Å²) in [5.41, 5.74) is 4.38. The lowest BCUT2D eigenvalue weighted by molar-refractivity contribution is 0.240. The van der Waals surface area contributed by atoms with Gasteiger partial charge in [-0.25, -0.2) is 8.42 Å². The van der Waals surface area contributed by atoms with E-state index in [2.05, 4.69) is 46.5 Å². The Hall–Kier alpha value is -2.61. The van der Waals surface area contributed by atoms with Crippen LogP contribution in [-0.2, 0) is 10.0 Å². The second-order valence-electron chi connectivity index (χ2n) is 9.59. The molecule has 1 fully saturated rings. The molecule has 1 aliphatic carbocycles. The lowest BCUT2D eigenvalue weighted by Gasteiger charge is -2.38. The first-order chi connectivity index (χ1) is 17.4. The van der Waals surface area contributed by atoms with Gasteiger partial charge in [-0.2, -0.15) is 11.8 Å². The molecule has 2 N–H and O–H groups in total. The number of rotatable bonds is 6. The summed E-state index contributed by atoms with van der Waals surface area (Å²) in [6.07, 6.45) is 5.69. The molecule has 0 saturated carbocycles. The van der Waals surface area contributed by atoms with Gasteiger partial charge in [0.2, 0.25) is 0 Å². The molecule has 3 aromatic carbocycles. The molecule has 0 bridgehead atoms. The van der Waals surface area contributed by atoms with E-state index < -0.39 is 10.0 Å². The Morgan fingerprint density at radius 1 is 1.08 bits per heavy atom. The number of thioether (sulfide) groups is 1. The molecule has 0 spiro atoms. The summed E-state index contributed by atoms with van der Waals surface area (Å²) in [5.74, 6) is 3.50. The van der Waals surface area contributed by atoms with Gasteiger partial charge >= 0.3 is 0 Å². The zero-order valence-electron chi connectivity index (χ0n) is 19.8. The highest BCUT2D eigenvalue weighted by Crippen LogP contribution is 2.50. The zero-order chi connectivity index (χ0) is 24.9. The summed E-state index contributed by atoms with van der Waals surface area (Å²) in [6, 6.07) is 19.1. The maximum atomic E-state index is 13.3.